The van der Waals surface area contributed by atoms with E-state index >= 15 is 0 Å². The van der Waals surface area contributed by atoms with Gasteiger partial charge in [-0.3, -0.25) is 0 Å². The van der Waals surface area contributed by atoms with Crippen LogP contribution in [0.5, 0.6) is 0 Å². The molecule has 1 atom stereocenters. The highest BCUT2D eigenvalue weighted by Gasteiger charge is 2.41. The molecule has 0 amide bonds. The molecule has 1 N–H and O–H groups in total. The fourth-order valence-electron chi connectivity index (χ4n) is 2.78. The molecular weight excluding hydrogens is 242 g/mol. The zero-order valence-electron chi connectivity index (χ0n) is 11.5. The number of rotatable bonds is 7. The number of halogens is 1. The molecule has 0 aliphatic heterocycles. The predicted octanol–water partition coefficient (Wildman–Crippen LogP) is 4.96. The molecule has 1 fully saturated rings. The second-order valence-electron chi connectivity index (χ2n) is 5.65. The van der Waals surface area contributed by atoms with Crippen LogP contribution in [0, 0.1) is 5.41 Å². The van der Waals surface area contributed by atoms with E-state index in [0.29, 0.717) is 11.5 Å². The fourth-order valence-corrected chi connectivity index (χ4v) is 2.98. The number of hydrogen-bond acceptors (Lipinski definition) is 1. The van der Waals surface area contributed by atoms with E-state index in [1.54, 1.807) is 0 Å². The maximum atomic E-state index is 6.07. The molecule has 1 nitrogen and oxygen atoms in total. The third kappa shape index (κ3) is 3.49. The normalized spacial score (nSPS) is 18.6. The molecule has 1 aliphatic carbocycles. The van der Waals surface area contributed by atoms with E-state index in [-0.39, 0.29) is 0 Å². The van der Waals surface area contributed by atoms with Gasteiger partial charge in [-0.05, 0) is 48.8 Å². The molecule has 0 heterocycles. The molecule has 2 heteroatoms. The van der Waals surface area contributed by atoms with Crippen LogP contribution >= 0.6 is 11.6 Å². The predicted molar refractivity (Wildman–Crippen MR) is 79.1 cm³/mol. The molecule has 1 aliphatic rings. The maximum absolute atomic E-state index is 6.07. The lowest BCUT2D eigenvalue weighted by atomic mass is 9.98. The SMILES string of the molecule is CCCC1(CNC(CC)c2cccc(Cl)c2)CC1. The molecule has 0 bridgehead atoms. The highest BCUT2D eigenvalue weighted by atomic mass is 35.5. The molecule has 1 unspecified atom stereocenters. The maximum Gasteiger partial charge on any atom is 0.0409 e. The quantitative estimate of drug-likeness (QED) is 0.735. The molecule has 100 valence electrons. The fraction of sp³-hybridized carbons (Fsp3) is 0.625. The van der Waals surface area contributed by atoms with E-state index in [9.17, 15) is 0 Å². The van der Waals surface area contributed by atoms with Crippen LogP contribution in [-0.4, -0.2) is 6.54 Å². The van der Waals surface area contributed by atoms with Gasteiger partial charge in [0.05, 0.1) is 0 Å². The highest BCUT2D eigenvalue weighted by Crippen LogP contribution is 2.49. The van der Waals surface area contributed by atoms with Gasteiger partial charge in [-0.15, -0.1) is 0 Å². The summed E-state index contributed by atoms with van der Waals surface area (Å²) >= 11 is 6.07. The summed E-state index contributed by atoms with van der Waals surface area (Å²) in [7, 11) is 0. The van der Waals surface area contributed by atoms with Crippen molar-refractivity contribution >= 4 is 11.6 Å². The molecule has 0 radical (unpaired) electrons. The van der Waals surface area contributed by atoms with Crippen molar-refractivity contribution in [1.29, 1.82) is 0 Å². The number of hydrogen-bond donors (Lipinski definition) is 1. The van der Waals surface area contributed by atoms with E-state index in [1.807, 2.05) is 12.1 Å². The molecule has 18 heavy (non-hydrogen) atoms. The summed E-state index contributed by atoms with van der Waals surface area (Å²) in [5.74, 6) is 0. The zero-order chi connectivity index (χ0) is 13.0. The Kier molecular flexibility index (Phi) is 4.69. The minimum atomic E-state index is 0.443. The van der Waals surface area contributed by atoms with Crippen LogP contribution in [-0.2, 0) is 0 Å². The molecule has 0 saturated heterocycles. The van der Waals surface area contributed by atoms with Crippen LogP contribution in [0.15, 0.2) is 24.3 Å². The van der Waals surface area contributed by atoms with E-state index in [4.69, 9.17) is 11.6 Å². The second-order valence-corrected chi connectivity index (χ2v) is 6.08. The van der Waals surface area contributed by atoms with Crippen molar-refractivity contribution in [1.82, 2.24) is 5.32 Å². The summed E-state index contributed by atoms with van der Waals surface area (Å²) in [5.41, 5.74) is 1.93. The largest absolute Gasteiger partial charge is 0.309 e. The van der Waals surface area contributed by atoms with Gasteiger partial charge in [0.25, 0.3) is 0 Å². The van der Waals surface area contributed by atoms with Gasteiger partial charge < -0.3 is 5.32 Å². The molecular formula is C16H24ClN. The molecule has 2 rings (SSSR count). The Labute approximate surface area is 116 Å². The van der Waals surface area contributed by atoms with Gasteiger partial charge in [-0.1, -0.05) is 44.0 Å². The summed E-state index contributed by atoms with van der Waals surface area (Å²) in [6, 6.07) is 8.69. The standard InChI is InChI=1S/C16H24ClN/c1-3-8-16(9-10-16)12-18-15(4-2)13-6-5-7-14(17)11-13/h5-7,11,15,18H,3-4,8-10,12H2,1-2H3. The van der Waals surface area contributed by atoms with Crippen molar-refractivity contribution in [2.75, 3.05) is 6.54 Å². The van der Waals surface area contributed by atoms with Crippen molar-refractivity contribution < 1.29 is 0 Å². The molecule has 1 aromatic rings. The van der Waals surface area contributed by atoms with Gasteiger partial charge >= 0.3 is 0 Å². The third-order valence-electron chi connectivity index (χ3n) is 4.12. The minimum absolute atomic E-state index is 0.443. The first-order valence-electron chi connectivity index (χ1n) is 7.18. The first-order chi connectivity index (χ1) is 8.69. The van der Waals surface area contributed by atoms with Crippen LogP contribution < -0.4 is 5.32 Å². The lowest BCUT2D eigenvalue weighted by molar-refractivity contribution is 0.384. The Balaban J connectivity index is 1.93. The van der Waals surface area contributed by atoms with Gasteiger partial charge in [0.1, 0.15) is 0 Å². The Bertz CT molecular complexity index is 384. The van der Waals surface area contributed by atoms with Crippen molar-refractivity contribution in [2.24, 2.45) is 5.41 Å². The Morgan fingerprint density at radius 3 is 2.67 bits per heavy atom. The number of benzene rings is 1. The average Bonchev–Trinajstić information content (AvgIpc) is 3.11. The van der Waals surface area contributed by atoms with Crippen LogP contribution in [0.2, 0.25) is 5.02 Å². The second kappa shape index (κ2) is 6.08. The summed E-state index contributed by atoms with van der Waals surface area (Å²) in [6.07, 6.45) is 6.59. The van der Waals surface area contributed by atoms with Crippen LogP contribution in [0.1, 0.15) is 57.6 Å². The highest BCUT2D eigenvalue weighted by molar-refractivity contribution is 6.30. The van der Waals surface area contributed by atoms with E-state index in [1.165, 1.54) is 31.2 Å². The first kappa shape index (κ1) is 13.9. The monoisotopic (exact) mass is 265 g/mol. The summed E-state index contributed by atoms with van der Waals surface area (Å²) in [6.45, 7) is 5.68. The van der Waals surface area contributed by atoms with Crippen LogP contribution in [0.4, 0.5) is 0 Å². The van der Waals surface area contributed by atoms with Crippen LogP contribution in [0.3, 0.4) is 0 Å². The first-order valence-corrected chi connectivity index (χ1v) is 7.56. The molecule has 1 saturated carbocycles. The lowest BCUT2D eigenvalue weighted by Crippen LogP contribution is -2.28. The Morgan fingerprint density at radius 2 is 2.11 bits per heavy atom. The van der Waals surface area contributed by atoms with Crippen molar-refractivity contribution in [3.05, 3.63) is 34.9 Å². The zero-order valence-corrected chi connectivity index (χ0v) is 12.3. The minimum Gasteiger partial charge on any atom is -0.309 e. The summed E-state index contributed by atoms with van der Waals surface area (Å²) < 4.78 is 0. The van der Waals surface area contributed by atoms with E-state index in [0.717, 1.165) is 18.0 Å². The summed E-state index contributed by atoms with van der Waals surface area (Å²) in [5, 5.41) is 4.58. The molecule has 0 spiro atoms. The van der Waals surface area contributed by atoms with Gasteiger partial charge in [0.2, 0.25) is 0 Å². The Morgan fingerprint density at radius 1 is 1.33 bits per heavy atom. The van der Waals surface area contributed by atoms with Crippen LogP contribution in [0.25, 0.3) is 0 Å². The van der Waals surface area contributed by atoms with Crippen molar-refractivity contribution in [2.45, 2.75) is 52.0 Å². The molecule has 0 aromatic heterocycles. The topological polar surface area (TPSA) is 12.0 Å². The van der Waals surface area contributed by atoms with Gasteiger partial charge in [-0.2, -0.15) is 0 Å². The third-order valence-corrected chi connectivity index (χ3v) is 4.36. The Hall–Kier alpha value is -0.530. The number of nitrogens with one attached hydrogen (secondary N) is 1. The van der Waals surface area contributed by atoms with E-state index < -0.39 is 0 Å². The molecule has 1 aromatic carbocycles. The smallest absolute Gasteiger partial charge is 0.0409 e. The lowest BCUT2D eigenvalue weighted by Gasteiger charge is -2.22. The van der Waals surface area contributed by atoms with Crippen molar-refractivity contribution in [3.8, 4) is 0 Å². The summed E-state index contributed by atoms with van der Waals surface area (Å²) in [4.78, 5) is 0. The average molecular weight is 266 g/mol. The van der Waals surface area contributed by atoms with Gasteiger partial charge in [0.15, 0.2) is 0 Å². The van der Waals surface area contributed by atoms with Crippen molar-refractivity contribution in [3.63, 3.8) is 0 Å². The van der Waals surface area contributed by atoms with Gasteiger partial charge in [0, 0.05) is 17.6 Å². The van der Waals surface area contributed by atoms with Gasteiger partial charge in [-0.25, -0.2) is 0 Å². The van der Waals surface area contributed by atoms with E-state index in [2.05, 4.69) is 31.3 Å².